The van der Waals surface area contributed by atoms with E-state index in [-0.39, 0.29) is 5.60 Å². The summed E-state index contributed by atoms with van der Waals surface area (Å²) in [6.45, 7) is 7.89. The predicted molar refractivity (Wildman–Crippen MR) is 69.5 cm³/mol. The Kier molecular flexibility index (Phi) is 4.40. The van der Waals surface area contributed by atoms with E-state index >= 15 is 0 Å². The van der Waals surface area contributed by atoms with E-state index in [1.165, 1.54) is 18.0 Å². The average Bonchev–Trinajstić information content (AvgIpc) is 2.15. The maximum absolute atomic E-state index is 11.2. The van der Waals surface area contributed by atoms with Gasteiger partial charge in [-0.2, -0.15) is 0 Å². The van der Waals surface area contributed by atoms with Gasteiger partial charge >= 0.3 is 0 Å². The van der Waals surface area contributed by atoms with Crippen LogP contribution in [0.15, 0.2) is 17.2 Å². The van der Waals surface area contributed by atoms with Gasteiger partial charge in [0.2, 0.25) is 0 Å². The summed E-state index contributed by atoms with van der Waals surface area (Å²) in [5, 5.41) is 0. The summed E-state index contributed by atoms with van der Waals surface area (Å²) in [5.74, 6) is 0.989. The first-order chi connectivity index (χ1) is 7.83. The first-order valence-corrected chi connectivity index (χ1v) is 6.43. The van der Waals surface area contributed by atoms with Gasteiger partial charge in [0.05, 0.1) is 6.20 Å². The molecule has 1 rings (SSSR count). The summed E-state index contributed by atoms with van der Waals surface area (Å²) in [6, 6.07) is 1.81. The lowest BCUT2D eigenvalue weighted by atomic mass is 10.2. The number of nitrogens with zero attached hydrogens (tertiary/aromatic N) is 1. The molecule has 1 aromatic heterocycles. The van der Waals surface area contributed by atoms with Gasteiger partial charge in [-0.15, -0.1) is 11.8 Å². The van der Waals surface area contributed by atoms with Crippen molar-refractivity contribution in [3.63, 3.8) is 0 Å². The average molecular weight is 254 g/mol. The smallest absolute Gasteiger partial charge is 0.268 e. The zero-order valence-electron chi connectivity index (χ0n) is 10.6. The highest BCUT2D eigenvalue weighted by atomic mass is 32.2. The van der Waals surface area contributed by atoms with Crippen LogP contribution in [0.1, 0.15) is 38.2 Å². The van der Waals surface area contributed by atoms with Crippen molar-refractivity contribution in [3.05, 3.63) is 18.0 Å². The second-order valence-corrected chi connectivity index (χ2v) is 5.84. The Morgan fingerprint density at radius 2 is 2.18 bits per heavy atom. The molecule has 4 nitrogen and oxygen atoms in total. The molecule has 0 aliphatic carbocycles. The van der Waals surface area contributed by atoms with Gasteiger partial charge in [-0.3, -0.25) is 4.79 Å². The van der Waals surface area contributed by atoms with Crippen molar-refractivity contribution in [1.82, 2.24) is 4.98 Å². The van der Waals surface area contributed by atoms with Crippen molar-refractivity contribution in [2.45, 2.75) is 38.2 Å². The molecule has 0 aromatic carbocycles. The van der Waals surface area contributed by atoms with E-state index in [2.05, 4.69) is 4.98 Å². The number of carbonyl (C=O) groups excluding carboxylic acids is 1. The van der Waals surface area contributed by atoms with E-state index < -0.39 is 5.91 Å². The Labute approximate surface area is 106 Å². The summed E-state index contributed by atoms with van der Waals surface area (Å²) in [6.07, 6.45) is 1.53. The van der Waals surface area contributed by atoms with Crippen molar-refractivity contribution >= 4 is 17.7 Å². The number of thioether (sulfide) groups is 1. The molecule has 17 heavy (non-hydrogen) atoms. The van der Waals surface area contributed by atoms with Crippen LogP contribution in [0.25, 0.3) is 0 Å². The first-order valence-electron chi connectivity index (χ1n) is 5.45. The second kappa shape index (κ2) is 5.40. The van der Waals surface area contributed by atoms with E-state index in [9.17, 15) is 4.79 Å². The molecule has 0 atom stereocenters. The van der Waals surface area contributed by atoms with Gasteiger partial charge in [-0.25, -0.2) is 4.98 Å². The molecule has 1 heterocycles. The summed E-state index contributed by atoms with van der Waals surface area (Å²) in [7, 11) is 0. The molecule has 0 radical (unpaired) electrons. The van der Waals surface area contributed by atoms with Crippen molar-refractivity contribution < 1.29 is 9.53 Å². The third-order valence-electron chi connectivity index (χ3n) is 1.78. The Morgan fingerprint density at radius 3 is 2.65 bits per heavy atom. The Bertz CT molecular complexity index is 413. The number of primary amides is 1. The van der Waals surface area contributed by atoms with Crippen LogP contribution in [0.4, 0.5) is 0 Å². The van der Waals surface area contributed by atoms with Gasteiger partial charge in [0, 0.05) is 4.90 Å². The SMILES string of the molecule is CCSc1cc(OC(C)(C)C)cnc1C(N)=O. The predicted octanol–water partition coefficient (Wildman–Crippen LogP) is 2.47. The van der Waals surface area contributed by atoms with E-state index in [1.807, 2.05) is 33.8 Å². The fourth-order valence-corrected chi connectivity index (χ4v) is 2.09. The van der Waals surface area contributed by atoms with E-state index in [0.29, 0.717) is 11.4 Å². The molecule has 0 fully saturated rings. The zero-order chi connectivity index (χ0) is 13.1. The monoisotopic (exact) mass is 254 g/mol. The fourth-order valence-electron chi connectivity index (χ4n) is 1.29. The van der Waals surface area contributed by atoms with Gasteiger partial charge in [-0.05, 0) is 32.6 Å². The van der Waals surface area contributed by atoms with Crippen LogP contribution < -0.4 is 10.5 Å². The Hall–Kier alpha value is -1.23. The zero-order valence-corrected chi connectivity index (χ0v) is 11.4. The third-order valence-corrected chi connectivity index (χ3v) is 2.70. The molecule has 0 aliphatic rings. The maximum Gasteiger partial charge on any atom is 0.268 e. The number of aromatic nitrogens is 1. The minimum Gasteiger partial charge on any atom is -0.486 e. The number of hydrogen-bond donors (Lipinski definition) is 1. The number of carbonyl (C=O) groups is 1. The number of nitrogens with two attached hydrogens (primary N) is 1. The van der Waals surface area contributed by atoms with Crippen LogP contribution >= 0.6 is 11.8 Å². The third kappa shape index (κ3) is 4.26. The summed E-state index contributed by atoms with van der Waals surface area (Å²) < 4.78 is 5.70. The molecule has 94 valence electrons. The molecule has 0 unspecified atom stereocenters. The number of rotatable bonds is 4. The van der Waals surface area contributed by atoms with Crippen LogP contribution in [0.3, 0.4) is 0 Å². The molecular weight excluding hydrogens is 236 g/mol. The summed E-state index contributed by atoms with van der Waals surface area (Å²) in [4.78, 5) is 16.0. The minimum atomic E-state index is -0.511. The molecule has 5 heteroatoms. The van der Waals surface area contributed by atoms with Crippen molar-refractivity contribution in [2.24, 2.45) is 5.73 Å². The van der Waals surface area contributed by atoms with Gasteiger partial charge in [0.1, 0.15) is 17.0 Å². The molecule has 0 aliphatic heterocycles. The largest absolute Gasteiger partial charge is 0.486 e. The quantitative estimate of drug-likeness (QED) is 0.838. The topological polar surface area (TPSA) is 65.2 Å². The molecule has 1 amide bonds. The summed E-state index contributed by atoms with van der Waals surface area (Å²) in [5.41, 5.74) is 5.28. The molecule has 1 aromatic rings. The number of amides is 1. The molecular formula is C12H18N2O2S. The van der Waals surface area contributed by atoms with Crippen LogP contribution in [0.2, 0.25) is 0 Å². The number of ether oxygens (including phenoxy) is 1. The van der Waals surface area contributed by atoms with Crippen LogP contribution in [-0.2, 0) is 0 Å². The highest BCUT2D eigenvalue weighted by Gasteiger charge is 2.15. The maximum atomic E-state index is 11.2. The lowest BCUT2D eigenvalue weighted by Crippen LogP contribution is -2.23. The van der Waals surface area contributed by atoms with Crippen LogP contribution in [0, 0.1) is 0 Å². The first kappa shape index (κ1) is 13.8. The lowest BCUT2D eigenvalue weighted by Gasteiger charge is -2.21. The standard InChI is InChI=1S/C12H18N2O2S/c1-5-17-9-6-8(16-12(2,3)4)7-14-10(9)11(13)15/h6-7H,5H2,1-4H3,(H2,13,15). The number of hydrogen-bond acceptors (Lipinski definition) is 4. The second-order valence-electron chi connectivity index (χ2n) is 4.53. The van der Waals surface area contributed by atoms with Gasteiger partial charge in [0.15, 0.2) is 0 Å². The van der Waals surface area contributed by atoms with Crippen LogP contribution in [0.5, 0.6) is 5.75 Å². The van der Waals surface area contributed by atoms with Crippen molar-refractivity contribution in [3.8, 4) is 5.75 Å². The van der Waals surface area contributed by atoms with E-state index in [4.69, 9.17) is 10.5 Å². The van der Waals surface area contributed by atoms with Crippen LogP contribution in [-0.4, -0.2) is 22.2 Å². The van der Waals surface area contributed by atoms with E-state index in [1.54, 1.807) is 0 Å². The summed E-state index contributed by atoms with van der Waals surface area (Å²) >= 11 is 1.53. The lowest BCUT2D eigenvalue weighted by molar-refractivity contribution is 0.0992. The van der Waals surface area contributed by atoms with Gasteiger partial charge in [-0.1, -0.05) is 6.92 Å². The van der Waals surface area contributed by atoms with Gasteiger partial charge < -0.3 is 10.5 Å². The molecule has 2 N–H and O–H groups in total. The minimum absolute atomic E-state index is 0.288. The highest BCUT2D eigenvalue weighted by molar-refractivity contribution is 7.99. The fraction of sp³-hybridized carbons (Fsp3) is 0.500. The molecule has 0 saturated heterocycles. The van der Waals surface area contributed by atoms with Crippen molar-refractivity contribution in [2.75, 3.05) is 5.75 Å². The Balaban J connectivity index is 3.05. The molecule has 0 spiro atoms. The molecule has 0 bridgehead atoms. The highest BCUT2D eigenvalue weighted by Crippen LogP contribution is 2.27. The van der Waals surface area contributed by atoms with E-state index in [0.717, 1.165) is 10.6 Å². The molecule has 0 saturated carbocycles. The normalized spacial score (nSPS) is 11.3. The number of pyridine rings is 1. The van der Waals surface area contributed by atoms with Crippen molar-refractivity contribution in [1.29, 1.82) is 0 Å². The van der Waals surface area contributed by atoms with Gasteiger partial charge in [0.25, 0.3) is 5.91 Å². The Morgan fingerprint density at radius 1 is 1.53 bits per heavy atom.